The molecule has 1 atom stereocenters. The average molecular weight is 259 g/mol. The number of pyridine rings is 1. The molecule has 1 aromatic heterocycles. The third-order valence-corrected chi connectivity index (χ3v) is 2.60. The summed E-state index contributed by atoms with van der Waals surface area (Å²) in [5, 5.41) is 9.51. The van der Waals surface area contributed by atoms with Gasteiger partial charge in [0.25, 0.3) is 0 Å². The Morgan fingerprint density at radius 3 is 2.47 bits per heavy atom. The van der Waals surface area contributed by atoms with E-state index < -0.39 is 6.10 Å². The van der Waals surface area contributed by atoms with Gasteiger partial charge in [0.2, 0.25) is 5.88 Å². The number of hydrogen-bond donors (Lipinski definition) is 1. The Bertz CT molecular complexity index is 523. The number of benzene rings is 1. The van der Waals surface area contributed by atoms with E-state index in [-0.39, 0.29) is 0 Å². The minimum absolute atomic E-state index is 0.461. The summed E-state index contributed by atoms with van der Waals surface area (Å²) < 4.78 is 11.0. The lowest BCUT2D eigenvalue weighted by Crippen LogP contribution is -1.94. The summed E-state index contributed by atoms with van der Waals surface area (Å²) in [6, 6.07) is 10.8. The Labute approximate surface area is 112 Å². The summed E-state index contributed by atoms with van der Waals surface area (Å²) >= 11 is 0. The molecule has 0 aliphatic heterocycles. The van der Waals surface area contributed by atoms with Gasteiger partial charge in [-0.2, -0.15) is 0 Å². The van der Waals surface area contributed by atoms with Crippen molar-refractivity contribution in [3.8, 4) is 17.4 Å². The third-order valence-electron chi connectivity index (χ3n) is 2.60. The van der Waals surface area contributed by atoms with Crippen molar-refractivity contribution in [2.24, 2.45) is 0 Å². The lowest BCUT2D eigenvalue weighted by atomic mass is 10.2. The fourth-order valence-electron chi connectivity index (χ4n) is 1.63. The number of rotatable bonds is 5. The van der Waals surface area contributed by atoms with Crippen LogP contribution in [-0.4, -0.2) is 16.7 Å². The Hall–Kier alpha value is -2.07. The zero-order chi connectivity index (χ0) is 13.7. The molecule has 0 saturated carbocycles. The van der Waals surface area contributed by atoms with Crippen molar-refractivity contribution in [2.45, 2.75) is 20.0 Å². The molecule has 1 heterocycles. The largest absolute Gasteiger partial charge is 0.494 e. The third kappa shape index (κ3) is 3.69. The maximum Gasteiger partial charge on any atom is 0.219 e. The lowest BCUT2D eigenvalue weighted by molar-refractivity contribution is 0.198. The second-order valence-corrected chi connectivity index (χ2v) is 4.11. The van der Waals surface area contributed by atoms with Crippen molar-refractivity contribution < 1.29 is 14.6 Å². The first-order valence-corrected chi connectivity index (χ1v) is 6.23. The van der Waals surface area contributed by atoms with E-state index in [0.717, 1.165) is 11.3 Å². The van der Waals surface area contributed by atoms with E-state index in [1.807, 2.05) is 31.2 Å². The second kappa shape index (κ2) is 6.20. The molecule has 0 saturated heterocycles. The molecule has 0 radical (unpaired) electrons. The van der Waals surface area contributed by atoms with Gasteiger partial charge in [-0.05, 0) is 49.7 Å². The van der Waals surface area contributed by atoms with Crippen LogP contribution in [0.25, 0.3) is 0 Å². The maximum absolute atomic E-state index is 9.51. The Morgan fingerprint density at radius 1 is 1.16 bits per heavy atom. The van der Waals surface area contributed by atoms with Crippen molar-refractivity contribution in [2.75, 3.05) is 6.61 Å². The molecule has 19 heavy (non-hydrogen) atoms. The van der Waals surface area contributed by atoms with E-state index in [9.17, 15) is 5.11 Å². The van der Waals surface area contributed by atoms with Crippen LogP contribution in [0.2, 0.25) is 0 Å². The predicted octanol–water partition coefficient (Wildman–Crippen LogP) is 3.33. The van der Waals surface area contributed by atoms with Gasteiger partial charge in [0.15, 0.2) is 0 Å². The van der Waals surface area contributed by atoms with Gasteiger partial charge in [-0.3, -0.25) is 0 Å². The summed E-state index contributed by atoms with van der Waals surface area (Å²) in [4.78, 5) is 4.11. The van der Waals surface area contributed by atoms with Crippen LogP contribution in [0.5, 0.6) is 17.4 Å². The van der Waals surface area contributed by atoms with Crippen LogP contribution < -0.4 is 9.47 Å². The molecule has 0 fully saturated rings. The molecule has 2 rings (SSSR count). The van der Waals surface area contributed by atoms with Crippen LogP contribution in [0.3, 0.4) is 0 Å². The van der Waals surface area contributed by atoms with Crippen LogP contribution in [0.4, 0.5) is 0 Å². The SMILES string of the molecule is CCOc1ccc(Oc2cc(C(C)O)ccn2)cc1. The Morgan fingerprint density at radius 2 is 1.84 bits per heavy atom. The van der Waals surface area contributed by atoms with Crippen LogP contribution in [-0.2, 0) is 0 Å². The van der Waals surface area contributed by atoms with Crippen molar-refractivity contribution in [1.82, 2.24) is 4.98 Å². The fraction of sp³-hybridized carbons (Fsp3) is 0.267. The zero-order valence-corrected chi connectivity index (χ0v) is 11.0. The molecule has 1 N–H and O–H groups in total. The molecule has 0 aliphatic rings. The first-order valence-electron chi connectivity index (χ1n) is 6.23. The van der Waals surface area contributed by atoms with Gasteiger partial charge >= 0.3 is 0 Å². The lowest BCUT2D eigenvalue weighted by Gasteiger charge is -2.09. The average Bonchev–Trinajstić information content (AvgIpc) is 2.42. The molecular weight excluding hydrogens is 242 g/mol. The van der Waals surface area contributed by atoms with Crippen LogP contribution >= 0.6 is 0 Å². The molecule has 1 aromatic carbocycles. The highest BCUT2D eigenvalue weighted by Gasteiger charge is 2.04. The predicted molar refractivity (Wildman–Crippen MR) is 72.6 cm³/mol. The van der Waals surface area contributed by atoms with E-state index in [1.165, 1.54) is 0 Å². The summed E-state index contributed by atoms with van der Waals surface area (Å²) in [5.41, 5.74) is 0.774. The van der Waals surface area contributed by atoms with Crippen molar-refractivity contribution in [3.05, 3.63) is 48.2 Å². The topological polar surface area (TPSA) is 51.6 Å². The van der Waals surface area contributed by atoms with E-state index in [1.54, 1.807) is 25.3 Å². The van der Waals surface area contributed by atoms with Gasteiger partial charge < -0.3 is 14.6 Å². The van der Waals surface area contributed by atoms with Gasteiger partial charge in [-0.15, -0.1) is 0 Å². The normalized spacial score (nSPS) is 11.9. The van der Waals surface area contributed by atoms with E-state index in [2.05, 4.69) is 4.98 Å². The van der Waals surface area contributed by atoms with Crippen LogP contribution in [0.15, 0.2) is 42.6 Å². The highest BCUT2D eigenvalue weighted by atomic mass is 16.5. The maximum atomic E-state index is 9.51. The molecule has 100 valence electrons. The molecule has 0 spiro atoms. The smallest absolute Gasteiger partial charge is 0.219 e. The summed E-state index contributed by atoms with van der Waals surface area (Å²) in [7, 11) is 0. The van der Waals surface area contributed by atoms with E-state index >= 15 is 0 Å². The number of hydrogen-bond acceptors (Lipinski definition) is 4. The molecule has 4 nitrogen and oxygen atoms in total. The van der Waals surface area contributed by atoms with E-state index in [4.69, 9.17) is 9.47 Å². The van der Waals surface area contributed by atoms with Gasteiger partial charge in [0.05, 0.1) is 12.7 Å². The second-order valence-electron chi connectivity index (χ2n) is 4.11. The molecule has 2 aromatic rings. The number of nitrogens with zero attached hydrogens (tertiary/aromatic N) is 1. The minimum Gasteiger partial charge on any atom is -0.494 e. The standard InChI is InChI=1S/C15H17NO3/c1-3-18-13-4-6-14(7-5-13)19-15-10-12(11(2)17)8-9-16-15/h4-11,17H,3H2,1-2H3. The number of aliphatic hydroxyl groups is 1. The van der Waals surface area contributed by atoms with E-state index in [0.29, 0.717) is 18.2 Å². The minimum atomic E-state index is -0.536. The van der Waals surface area contributed by atoms with Crippen LogP contribution in [0.1, 0.15) is 25.5 Å². The molecular formula is C15H17NO3. The highest BCUT2D eigenvalue weighted by Crippen LogP contribution is 2.24. The first kappa shape index (κ1) is 13.4. The summed E-state index contributed by atoms with van der Waals surface area (Å²) in [5.74, 6) is 1.95. The van der Waals surface area contributed by atoms with Gasteiger partial charge in [0.1, 0.15) is 11.5 Å². The first-order chi connectivity index (χ1) is 9.19. The number of aromatic nitrogens is 1. The molecule has 1 unspecified atom stereocenters. The van der Waals surface area contributed by atoms with Crippen molar-refractivity contribution in [1.29, 1.82) is 0 Å². The van der Waals surface area contributed by atoms with Gasteiger partial charge in [-0.1, -0.05) is 0 Å². The monoisotopic (exact) mass is 259 g/mol. The highest BCUT2D eigenvalue weighted by molar-refractivity contribution is 5.34. The van der Waals surface area contributed by atoms with Gasteiger partial charge in [0, 0.05) is 12.3 Å². The van der Waals surface area contributed by atoms with Crippen molar-refractivity contribution in [3.63, 3.8) is 0 Å². The van der Waals surface area contributed by atoms with Crippen molar-refractivity contribution >= 4 is 0 Å². The quantitative estimate of drug-likeness (QED) is 0.894. The molecule has 0 aliphatic carbocycles. The Kier molecular flexibility index (Phi) is 4.36. The zero-order valence-electron chi connectivity index (χ0n) is 11.0. The van der Waals surface area contributed by atoms with Crippen LogP contribution in [0, 0.1) is 0 Å². The molecule has 0 amide bonds. The molecule has 0 bridgehead atoms. The number of aliphatic hydroxyl groups excluding tert-OH is 1. The Balaban J connectivity index is 2.10. The molecule has 4 heteroatoms. The fourth-order valence-corrected chi connectivity index (χ4v) is 1.63. The number of ether oxygens (including phenoxy) is 2. The van der Waals surface area contributed by atoms with Gasteiger partial charge in [-0.25, -0.2) is 4.98 Å². The summed E-state index contributed by atoms with van der Waals surface area (Å²) in [6.07, 6.45) is 1.08. The summed E-state index contributed by atoms with van der Waals surface area (Å²) in [6.45, 7) is 4.28.